The lowest BCUT2D eigenvalue weighted by atomic mass is 10.0. The van der Waals surface area contributed by atoms with Gasteiger partial charge in [0, 0.05) is 24.2 Å². The fraction of sp³-hybridized carbons (Fsp3) is 0.133. The highest BCUT2D eigenvalue weighted by Gasteiger charge is 2.19. The molecule has 20 heavy (non-hydrogen) atoms. The van der Waals surface area contributed by atoms with Crippen LogP contribution in [0.2, 0.25) is 5.02 Å². The average Bonchev–Trinajstić information content (AvgIpc) is 2.86. The van der Waals surface area contributed by atoms with Gasteiger partial charge in [-0.1, -0.05) is 11.6 Å². The Morgan fingerprint density at radius 3 is 2.70 bits per heavy atom. The highest BCUT2D eigenvalue weighted by molar-refractivity contribution is 6.30. The van der Waals surface area contributed by atoms with Gasteiger partial charge in [-0.05, 0) is 31.2 Å². The molecule has 3 heterocycles. The fourth-order valence-corrected chi connectivity index (χ4v) is 2.39. The molecular weight excluding hydrogens is 272 g/mol. The first-order valence-corrected chi connectivity index (χ1v) is 6.56. The maximum Gasteiger partial charge on any atom is 0.137 e. The fourth-order valence-electron chi connectivity index (χ4n) is 2.23. The van der Waals surface area contributed by atoms with Crippen LogP contribution in [-0.4, -0.2) is 14.4 Å². The summed E-state index contributed by atoms with van der Waals surface area (Å²) in [5.74, 6) is -0.286. The van der Waals surface area contributed by atoms with E-state index in [1.54, 1.807) is 24.7 Å². The molecule has 4 nitrogen and oxygen atoms in total. The molecule has 0 aliphatic rings. The molecular formula is C15H11ClN4. The molecule has 3 aromatic rings. The van der Waals surface area contributed by atoms with Crippen LogP contribution in [0.3, 0.4) is 0 Å². The Morgan fingerprint density at radius 2 is 2.00 bits per heavy atom. The molecule has 1 unspecified atom stereocenters. The highest BCUT2D eigenvalue weighted by atomic mass is 35.5. The SMILES string of the molecule is CC(C#N)c1c(-c2ccncc2)nc2ccc(Cl)cn12. The molecule has 0 aliphatic carbocycles. The topological polar surface area (TPSA) is 54.0 Å². The van der Waals surface area contributed by atoms with Gasteiger partial charge in [0.25, 0.3) is 0 Å². The molecule has 0 fully saturated rings. The minimum atomic E-state index is -0.286. The number of rotatable bonds is 2. The minimum Gasteiger partial charge on any atom is -0.301 e. The van der Waals surface area contributed by atoms with Gasteiger partial charge in [-0.2, -0.15) is 5.26 Å². The van der Waals surface area contributed by atoms with E-state index in [0.29, 0.717) is 5.02 Å². The van der Waals surface area contributed by atoms with Gasteiger partial charge >= 0.3 is 0 Å². The zero-order valence-corrected chi connectivity index (χ0v) is 11.5. The van der Waals surface area contributed by atoms with E-state index in [-0.39, 0.29) is 5.92 Å². The van der Waals surface area contributed by atoms with Crippen molar-refractivity contribution in [2.45, 2.75) is 12.8 Å². The number of halogens is 1. The van der Waals surface area contributed by atoms with E-state index in [4.69, 9.17) is 11.6 Å². The van der Waals surface area contributed by atoms with Crippen molar-refractivity contribution >= 4 is 17.2 Å². The molecule has 0 radical (unpaired) electrons. The quantitative estimate of drug-likeness (QED) is 0.720. The van der Waals surface area contributed by atoms with Gasteiger partial charge in [0.2, 0.25) is 0 Å². The van der Waals surface area contributed by atoms with Crippen LogP contribution in [0.25, 0.3) is 16.9 Å². The van der Waals surface area contributed by atoms with E-state index < -0.39 is 0 Å². The van der Waals surface area contributed by atoms with Crippen LogP contribution in [0.5, 0.6) is 0 Å². The summed E-state index contributed by atoms with van der Waals surface area (Å²) in [6, 6.07) is 9.68. The van der Waals surface area contributed by atoms with Gasteiger partial charge in [0.05, 0.1) is 28.4 Å². The third-order valence-electron chi connectivity index (χ3n) is 3.18. The summed E-state index contributed by atoms with van der Waals surface area (Å²) in [6.07, 6.45) is 5.22. The van der Waals surface area contributed by atoms with Gasteiger partial charge in [0.1, 0.15) is 5.65 Å². The normalized spacial score (nSPS) is 12.2. The Labute approximate surface area is 121 Å². The molecule has 3 aromatic heterocycles. The van der Waals surface area contributed by atoms with Gasteiger partial charge in [-0.15, -0.1) is 0 Å². The Morgan fingerprint density at radius 1 is 1.25 bits per heavy atom. The summed E-state index contributed by atoms with van der Waals surface area (Å²) in [5.41, 5.74) is 3.36. The van der Waals surface area contributed by atoms with Crippen LogP contribution in [-0.2, 0) is 0 Å². The number of pyridine rings is 2. The largest absolute Gasteiger partial charge is 0.301 e. The Bertz CT molecular complexity index is 802. The van der Waals surface area contributed by atoms with Gasteiger partial charge in [0.15, 0.2) is 0 Å². The van der Waals surface area contributed by atoms with Crippen LogP contribution >= 0.6 is 11.6 Å². The van der Waals surface area contributed by atoms with E-state index >= 15 is 0 Å². The first-order valence-electron chi connectivity index (χ1n) is 6.18. The van der Waals surface area contributed by atoms with Crippen LogP contribution in [0.4, 0.5) is 0 Å². The van der Waals surface area contributed by atoms with E-state index in [2.05, 4.69) is 16.0 Å². The third kappa shape index (κ3) is 2.02. The first-order chi connectivity index (χ1) is 9.70. The Hall–Kier alpha value is -2.38. The van der Waals surface area contributed by atoms with Crippen molar-refractivity contribution in [2.75, 3.05) is 0 Å². The Balaban J connectivity index is 2.34. The molecule has 0 spiro atoms. The second-order valence-corrected chi connectivity index (χ2v) is 4.94. The van der Waals surface area contributed by atoms with Gasteiger partial charge in [-0.25, -0.2) is 4.98 Å². The van der Waals surface area contributed by atoms with Gasteiger partial charge in [-0.3, -0.25) is 4.98 Å². The number of fused-ring (bicyclic) bond motifs is 1. The maximum atomic E-state index is 9.27. The molecule has 0 saturated heterocycles. The maximum absolute atomic E-state index is 9.27. The lowest BCUT2D eigenvalue weighted by molar-refractivity contribution is 0.900. The number of hydrogen-bond acceptors (Lipinski definition) is 3. The number of hydrogen-bond donors (Lipinski definition) is 0. The molecule has 0 bridgehead atoms. The third-order valence-corrected chi connectivity index (χ3v) is 3.40. The second kappa shape index (κ2) is 4.95. The highest BCUT2D eigenvalue weighted by Crippen LogP contribution is 2.30. The summed E-state index contributed by atoms with van der Waals surface area (Å²) >= 11 is 6.05. The first kappa shape index (κ1) is 12.6. The molecule has 98 valence electrons. The summed E-state index contributed by atoms with van der Waals surface area (Å²) in [5, 5.41) is 9.88. The molecule has 0 amide bonds. The van der Waals surface area contributed by atoms with E-state index in [0.717, 1.165) is 22.6 Å². The predicted molar refractivity (Wildman–Crippen MR) is 77.5 cm³/mol. The molecule has 0 saturated carbocycles. The van der Waals surface area contributed by atoms with Crippen molar-refractivity contribution in [3.8, 4) is 17.3 Å². The lowest BCUT2D eigenvalue weighted by Crippen LogP contribution is -1.98. The van der Waals surface area contributed by atoms with E-state index in [1.165, 1.54) is 0 Å². The molecule has 5 heteroatoms. The van der Waals surface area contributed by atoms with E-state index in [1.807, 2.05) is 29.5 Å². The van der Waals surface area contributed by atoms with Crippen molar-refractivity contribution < 1.29 is 0 Å². The monoisotopic (exact) mass is 282 g/mol. The van der Waals surface area contributed by atoms with Crippen LogP contribution in [0.1, 0.15) is 18.5 Å². The van der Waals surface area contributed by atoms with Crippen LogP contribution < -0.4 is 0 Å². The molecule has 1 atom stereocenters. The van der Waals surface area contributed by atoms with Crippen molar-refractivity contribution in [1.82, 2.24) is 14.4 Å². The van der Waals surface area contributed by atoms with Crippen molar-refractivity contribution in [3.05, 3.63) is 53.6 Å². The molecule has 0 aromatic carbocycles. The molecule has 0 aliphatic heterocycles. The minimum absolute atomic E-state index is 0.286. The summed E-state index contributed by atoms with van der Waals surface area (Å²) in [4.78, 5) is 8.63. The zero-order chi connectivity index (χ0) is 14.1. The van der Waals surface area contributed by atoms with Crippen molar-refractivity contribution in [1.29, 1.82) is 5.26 Å². The zero-order valence-electron chi connectivity index (χ0n) is 10.8. The number of nitriles is 1. The Kier molecular flexibility index (Phi) is 3.13. The van der Waals surface area contributed by atoms with Crippen molar-refractivity contribution in [2.24, 2.45) is 0 Å². The molecule has 3 rings (SSSR count). The standard InChI is InChI=1S/C15H11ClN4/c1-10(8-17)15-14(11-4-6-18-7-5-11)19-13-3-2-12(16)9-20(13)15/h2-7,9-10H,1H3. The number of imidazole rings is 1. The summed E-state index contributed by atoms with van der Waals surface area (Å²) in [6.45, 7) is 1.86. The number of nitrogens with zero attached hydrogens (tertiary/aromatic N) is 4. The number of aromatic nitrogens is 3. The lowest BCUT2D eigenvalue weighted by Gasteiger charge is -2.06. The summed E-state index contributed by atoms with van der Waals surface area (Å²) in [7, 11) is 0. The van der Waals surface area contributed by atoms with Gasteiger partial charge < -0.3 is 4.40 Å². The van der Waals surface area contributed by atoms with E-state index in [9.17, 15) is 5.26 Å². The average molecular weight is 283 g/mol. The van der Waals surface area contributed by atoms with Crippen LogP contribution in [0, 0.1) is 11.3 Å². The predicted octanol–water partition coefficient (Wildman–Crippen LogP) is 3.68. The smallest absolute Gasteiger partial charge is 0.137 e. The van der Waals surface area contributed by atoms with Crippen molar-refractivity contribution in [3.63, 3.8) is 0 Å². The molecule has 0 N–H and O–H groups in total. The second-order valence-electron chi connectivity index (χ2n) is 4.51. The summed E-state index contributed by atoms with van der Waals surface area (Å²) < 4.78 is 1.88. The van der Waals surface area contributed by atoms with Crippen LogP contribution in [0.15, 0.2) is 42.9 Å².